The first-order valence-corrected chi connectivity index (χ1v) is 4.65. The Morgan fingerprint density at radius 2 is 1.93 bits per heavy atom. The summed E-state index contributed by atoms with van der Waals surface area (Å²) in [5.74, 6) is 1.81. The van der Waals surface area contributed by atoms with E-state index >= 15 is 0 Å². The maximum absolute atomic E-state index is 10.1. The first-order chi connectivity index (χ1) is 6.74. The molecular formula is C12H15NO. The third-order valence-corrected chi connectivity index (χ3v) is 2.01. The largest absolute Gasteiger partial charge is 0.305 e. The van der Waals surface area contributed by atoms with Gasteiger partial charge < -0.3 is 4.90 Å². The lowest BCUT2D eigenvalue weighted by Crippen LogP contribution is -2.12. The van der Waals surface area contributed by atoms with Crippen LogP contribution in [0.1, 0.15) is 11.1 Å². The molecule has 0 atom stereocenters. The predicted molar refractivity (Wildman–Crippen MR) is 57.8 cm³/mol. The van der Waals surface area contributed by atoms with Gasteiger partial charge in [-0.2, -0.15) is 0 Å². The minimum absolute atomic E-state index is 0.674. The highest BCUT2D eigenvalue weighted by Crippen LogP contribution is 2.11. The van der Waals surface area contributed by atoms with Crippen molar-refractivity contribution in [3.05, 3.63) is 41.5 Å². The Balaban J connectivity index is 2.84. The van der Waals surface area contributed by atoms with Crippen molar-refractivity contribution in [3.63, 3.8) is 0 Å². The van der Waals surface area contributed by atoms with Gasteiger partial charge in [0.1, 0.15) is 5.94 Å². The summed E-state index contributed by atoms with van der Waals surface area (Å²) < 4.78 is 0. The van der Waals surface area contributed by atoms with Crippen LogP contribution in [-0.4, -0.2) is 24.9 Å². The number of allylic oxidation sites excluding steroid dienone is 1. The van der Waals surface area contributed by atoms with Crippen LogP contribution in [0.3, 0.4) is 0 Å². The minimum Gasteiger partial charge on any atom is -0.305 e. The molecule has 0 heterocycles. The summed E-state index contributed by atoms with van der Waals surface area (Å²) in [6.07, 6.45) is 2.20. The van der Waals surface area contributed by atoms with Crippen LogP contribution in [-0.2, 0) is 17.8 Å². The van der Waals surface area contributed by atoms with Crippen molar-refractivity contribution >= 4 is 5.94 Å². The Kier molecular flexibility index (Phi) is 4.11. The molecule has 0 unspecified atom stereocenters. The van der Waals surface area contributed by atoms with Gasteiger partial charge in [-0.05, 0) is 25.2 Å². The zero-order valence-corrected chi connectivity index (χ0v) is 8.66. The summed E-state index contributed by atoms with van der Waals surface area (Å²) in [5.41, 5.74) is 2.47. The molecule has 1 rings (SSSR count). The number of rotatable bonds is 4. The Morgan fingerprint density at radius 1 is 1.29 bits per heavy atom. The lowest BCUT2D eigenvalue weighted by atomic mass is 10.0. The molecule has 0 aromatic heterocycles. The fourth-order valence-electron chi connectivity index (χ4n) is 1.40. The van der Waals surface area contributed by atoms with Gasteiger partial charge in [0.25, 0.3) is 0 Å². The smallest absolute Gasteiger partial charge is 0.120 e. The monoisotopic (exact) mass is 189 g/mol. The molecule has 74 valence electrons. The Bertz CT molecular complexity index is 338. The van der Waals surface area contributed by atoms with Gasteiger partial charge >= 0.3 is 0 Å². The molecule has 2 heteroatoms. The van der Waals surface area contributed by atoms with Crippen molar-refractivity contribution in [1.82, 2.24) is 4.90 Å². The maximum atomic E-state index is 10.1. The van der Waals surface area contributed by atoms with E-state index in [1.54, 1.807) is 0 Å². The second-order valence-electron chi connectivity index (χ2n) is 3.53. The normalized spacial score (nSPS) is 9.93. The second kappa shape index (κ2) is 5.38. The molecule has 2 nitrogen and oxygen atoms in total. The van der Waals surface area contributed by atoms with Crippen molar-refractivity contribution < 1.29 is 4.79 Å². The van der Waals surface area contributed by atoms with Crippen LogP contribution >= 0.6 is 0 Å². The number of hydrogen-bond donors (Lipinski definition) is 0. The van der Waals surface area contributed by atoms with E-state index in [0.29, 0.717) is 6.42 Å². The lowest BCUT2D eigenvalue weighted by molar-refractivity contribution is 0.401. The van der Waals surface area contributed by atoms with Gasteiger partial charge in [-0.1, -0.05) is 24.3 Å². The third-order valence-electron chi connectivity index (χ3n) is 2.01. The fraction of sp³-hybridized carbons (Fsp3) is 0.333. The zero-order chi connectivity index (χ0) is 10.4. The Hall–Kier alpha value is -1.37. The number of hydrogen-bond acceptors (Lipinski definition) is 2. The molecule has 0 fully saturated rings. The fourth-order valence-corrected chi connectivity index (χ4v) is 1.40. The quantitative estimate of drug-likeness (QED) is 0.672. The Labute approximate surface area is 84.9 Å². The molecule has 0 N–H and O–H groups in total. The number of benzene rings is 1. The van der Waals surface area contributed by atoms with Gasteiger partial charge in [-0.15, -0.1) is 0 Å². The zero-order valence-electron chi connectivity index (χ0n) is 8.66. The molecule has 0 saturated carbocycles. The van der Waals surface area contributed by atoms with Crippen LogP contribution in [0, 0.1) is 0 Å². The van der Waals surface area contributed by atoms with Gasteiger partial charge in [0.15, 0.2) is 0 Å². The summed E-state index contributed by atoms with van der Waals surface area (Å²) in [6, 6.07) is 8.15. The first kappa shape index (κ1) is 10.7. The number of nitrogens with zero attached hydrogens (tertiary/aromatic N) is 1. The van der Waals surface area contributed by atoms with Crippen LogP contribution in [0.4, 0.5) is 0 Å². The summed E-state index contributed by atoms with van der Waals surface area (Å²) in [4.78, 5) is 12.2. The van der Waals surface area contributed by atoms with Gasteiger partial charge in [-0.3, -0.25) is 0 Å². The molecule has 1 aromatic carbocycles. The highest BCUT2D eigenvalue weighted by Gasteiger charge is 2.00. The van der Waals surface area contributed by atoms with Gasteiger partial charge in [-0.25, -0.2) is 4.79 Å². The van der Waals surface area contributed by atoms with E-state index in [2.05, 4.69) is 11.0 Å². The summed E-state index contributed by atoms with van der Waals surface area (Å²) in [6.45, 7) is 0.906. The van der Waals surface area contributed by atoms with Crippen molar-refractivity contribution in [1.29, 1.82) is 0 Å². The molecule has 0 aliphatic heterocycles. The summed E-state index contributed by atoms with van der Waals surface area (Å²) in [5, 5.41) is 0. The van der Waals surface area contributed by atoms with Crippen molar-refractivity contribution in [3.8, 4) is 0 Å². The Morgan fingerprint density at radius 3 is 2.50 bits per heavy atom. The minimum atomic E-state index is 0.674. The SMILES string of the molecule is CN(C)Cc1ccccc1CC=C=O. The van der Waals surface area contributed by atoms with Crippen LogP contribution in [0.2, 0.25) is 0 Å². The average Bonchev–Trinajstić information content (AvgIpc) is 2.16. The average molecular weight is 189 g/mol. The van der Waals surface area contributed by atoms with Crippen molar-refractivity contribution in [2.75, 3.05) is 14.1 Å². The standard InChI is InChI=1S/C12H15NO/c1-13(2)10-12-7-4-3-6-11(12)8-5-9-14/h3-7H,8,10H2,1-2H3. The molecule has 0 aliphatic rings. The second-order valence-corrected chi connectivity index (χ2v) is 3.53. The lowest BCUT2D eigenvalue weighted by Gasteiger charge is -2.12. The topological polar surface area (TPSA) is 20.3 Å². The van der Waals surface area contributed by atoms with E-state index in [1.165, 1.54) is 17.2 Å². The predicted octanol–water partition coefficient (Wildman–Crippen LogP) is 1.68. The van der Waals surface area contributed by atoms with Crippen molar-refractivity contribution in [2.24, 2.45) is 0 Å². The summed E-state index contributed by atoms with van der Waals surface area (Å²) >= 11 is 0. The van der Waals surface area contributed by atoms with Crippen LogP contribution in [0.25, 0.3) is 0 Å². The van der Waals surface area contributed by atoms with E-state index in [1.807, 2.05) is 38.2 Å². The van der Waals surface area contributed by atoms with E-state index in [-0.39, 0.29) is 0 Å². The molecular weight excluding hydrogens is 174 g/mol. The molecule has 0 radical (unpaired) electrons. The van der Waals surface area contributed by atoms with Crippen LogP contribution in [0.15, 0.2) is 30.3 Å². The highest BCUT2D eigenvalue weighted by atomic mass is 16.1. The van der Waals surface area contributed by atoms with Crippen LogP contribution in [0.5, 0.6) is 0 Å². The van der Waals surface area contributed by atoms with Gasteiger partial charge in [0.2, 0.25) is 0 Å². The first-order valence-electron chi connectivity index (χ1n) is 4.65. The highest BCUT2D eigenvalue weighted by molar-refractivity contribution is 5.46. The number of carbonyl (C=O) groups excluding carboxylic acids is 1. The molecule has 0 spiro atoms. The van der Waals surface area contributed by atoms with Gasteiger partial charge in [0, 0.05) is 19.0 Å². The van der Waals surface area contributed by atoms with E-state index < -0.39 is 0 Å². The van der Waals surface area contributed by atoms with E-state index in [4.69, 9.17) is 0 Å². The molecule has 0 aliphatic carbocycles. The van der Waals surface area contributed by atoms with Gasteiger partial charge in [0.05, 0.1) is 0 Å². The molecule has 1 aromatic rings. The molecule has 0 amide bonds. The molecule has 14 heavy (non-hydrogen) atoms. The molecule has 0 bridgehead atoms. The third kappa shape index (κ3) is 3.17. The van der Waals surface area contributed by atoms with E-state index in [0.717, 1.165) is 6.54 Å². The van der Waals surface area contributed by atoms with E-state index in [9.17, 15) is 4.79 Å². The summed E-state index contributed by atoms with van der Waals surface area (Å²) in [7, 11) is 4.07. The van der Waals surface area contributed by atoms with Crippen LogP contribution < -0.4 is 0 Å². The van der Waals surface area contributed by atoms with Crippen molar-refractivity contribution in [2.45, 2.75) is 13.0 Å². The molecule has 0 saturated heterocycles. The maximum Gasteiger partial charge on any atom is 0.120 e.